The minimum atomic E-state index is -0.0623. The number of aryl methyl sites for hydroxylation is 2. The molecular weight excluding hydrogens is 368 g/mol. The zero-order valence-electron chi connectivity index (χ0n) is 16.5. The normalized spacial score (nSPS) is 13.7. The number of rotatable bonds is 4. The Morgan fingerprint density at radius 3 is 2.62 bits per heavy atom. The van der Waals surface area contributed by atoms with Crippen molar-refractivity contribution in [3.8, 4) is 22.5 Å². The van der Waals surface area contributed by atoms with Gasteiger partial charge in [-0.15, -0.1) is 0 Å². The van der Waals surface area contributed by atoms with Crippen molar-refractivity contribution in [1.82, 2.24) is 34.8 Å². The topological polar surface area (TPSA) is 105 Å². The van der Waals surface area contributed by atoms with Crippen LogP contribution in [0.15, 0.2) is 24.7 Å². The van der Waals surface area contributed by atoms with Crippen LogP contribution in [0.1, 0.15) is 35.4 Å². The van der Waals surface area contributed by atoms with Gasteiger partial charge in [0.2, 0.25) is 0 Å². The van der Waals surface area contributed by atoms with Crippen LogP contribution in [-0.4, -0.2) is 53.6 Å². The van der Waals surface area contributed by atoms with Crippen LogP contribution in [-0.2, 0) is 0 Å². The van der Waals surface area contributed by atoms with Crippen molar-refractivity contribution < 1.29 is 4.79 Å². The highest BCUT2D eigenvalue weighted by atomic mass is 16.1. The number of ketones is 1. The summed E-state index contributed by atoms with van der Waals surface area (Å²) >= 11 is 0. The first-order chi connectivity index (χ1) is 14.0. The third-order valence-electron chi connectivity index (χ3n) is 5.32. The number of pyridine rings is 1. The van der Waals surface area contributed by atoms with Gasteiger partial charge in [0.15, 0.2) is 11.6 Å². The van der Waals surface area contributed by atoms with Gasteiger partial charge in [0.25, 0.3) is 0 Å². The number of nitrogens with zero attached hydrogens (tertiary/aromatic N) is 7. The van der Waals surface area contributed by atoms with Gasteiger partial charge in [-0.25, -0.2) is 14.5 Å². The maximum Gasteiger partial charge on any atom is 0.178 e. The number of carbonyl (C=O) groups excluding carboxylic acids is 1. The molecule has 4 aromatic rings. The second-order valence-corrected chi connectivity index (χ2v) is 7.25. The first-order valence-corrected chi connectivity index (χ1v) is 9.52. The summed E-state index contributed by atoms with van der Waals surface area (Å²) in [6.07, 6.45) is 4.43. The minimum Gasteiger partial charge on any atom is -0.355 e. The number of imidazole rings is 1. The zero-order chi connectivity index (χ0) is 20.1. The van der Waals surface area contributed by atoms with Crippen molar-refractivity contribution in [2.45, 2.75) is 27.2 Å². The average molecular weight is 388 g/mol. The summed E-state index contributed by atoms with van der Waals surface area (Å²) in [4.78, 5) is 27.4. The van der Waals surface area contributed by atoms with Gasteiger partial charge >= 0.3 is 0 Å². The van der Waals surface area contributed by atoms with E-state index < -0.39 is 0 Å². The maximum absolute atomic E-state index is 11.6. The van der Waals surface area contributed by atoms with Crippen molar-refractivity contribution in [1.29, 1.82) is 0 Å². The molecule has 0 bridgehead atoms. The van der Waals surface area contributed by atoms with Crippen LogP contribution in [0.4, 0.5) is 5.82 Å². The first-order valence-electron chi connectivity index (χ1n) is 9.52. The lowest BCUT2D eigenvalue weighted by molar-refractivity contribution is 0.101. The molecule has 0 aromatic carbocycles. The predicted octanol–water partition coefficient (Wildman–Crippen LogP) is 2.61. The second kappa shape index (κ2) is 6.47. The van der Waals surface area contributed by atoms with Gasteiger partial charge in [-0.3, -0.25) is 14.9 Å². The monoisotopic (exact) mass is 388 g/mol. The number of hydrogen-bond donors (Lipinski definition) is 1. The number of fused-ring (bicyclic) bond motifs is 1. The summed E-state index contributed by atoms with van der Waals surface area (Å²) in [6, 6.07) is 3.63. The van der Waals surface area contributed by atoms with Crippen LogP contribution in [0, 0.1) is 13.8 Å². The molecule has 9 nitrogen and oxygen atoms in total. The summed E-state index contributed by atoms with van der Waals surface area (Å²) in [5.74, 6) is 1.59. The van der Waals surface area contributed by atoms with E-state index in [9.17, 15) is 4.79 Å². The molecule has 29 heavy (non-hydrogen) atoms. The molecule has 0 spiro atoms. The van der Waals surface area contributed by atoms with Gasteiger partial charge in [-0.1, -0.05) is 6.07 Å². The highest BCUT2D eigenvalue weighted by molar-refractivity contribution is 5.94. The lowest BCUT2D eigenvalue weighted by Crippen LogP contribution is -2.38. The van der Waals surface area contributed by atoms with Gasteiger partial charge < -0.3 is 4.90 Å². The zero-order valence-corrected chi connectivity index (χ0v) is 16.5. The smallest absolute Gasteiger partial charge is 0.178 e. The summed E-state index contributed by atoms with van der Waals surface area (Å²) in [5.41, 5.74) is 5.43. The fourth-order valence-corrected chi connectivity index (χ4v) is 3.69. The van der Waals surface area contributed by atoms with Crippen molar-refractivity contribution in [3.05, 3.63) is 41.9 Å². The third kappa shape index (κ3) is 2.69. The minimum absolute atomic E-state index is 0.0623. The summed E-state index contributed by atoms with van der Waals surface area (Å²) < 4.78 is 1.82. The van der Waals surface area contributed by atoms with Gasteiger partial charge in [-0.05, 0) is 26.3 Å². The number of Topliss-reactive ketones (excluding diaryl/α,β-unsaturated/α-hetero) is 1. The highest BCUT2D eigenvalue weighted by Crippen LogP contribution is 2.37. The molecule has 4 aromatic heterocycles. The van der Waals surface area contributed by atoms with Crippen molar-refractivity contribution >= 4 is 17.1 Å². The van der Waals surface area contributed by atoms with Crippen LogP contribution < -0.4 is 4.90 Å². The van der Waals surface area contributed by atoms with E-state index in [4.69, 9.17) is 4.98 Å². The molecule has 146 valence electrons. The Morgan fingerprint density at radius 1 is 1.14 bits per heavy atom. The number of anilines is 1. The largest absolute Gasteiger partial charge is 0.355 e. The van der Waals surface area contributed by atoms with Crippen LogP contribution >= 0.6 is 0 Å². The van der Waals surface area contributed by atoms with Gasteiger partial charge in [0.05, 0.1) is 0 Å². The molecule has 1 aliphatic heterocycles. The Hall–Kier alpha value is -3.62. The van der Waals surface area contributed by atoms with E-state index in [0.717, 1.165) is 64.9 Å². The Bertz CT molecular complexity index is 1230. The average Bonchev–Trinajstić information content (AvgIpc) is 3.21. The fraction of sp³-hybridized carbons (Fsp3) is 0.300. The van der Waals surface area contributed by atoms with Crippen LogP contribution in [0.2, 0.25) is 0 Å². The van der Waals surface area contributed by atoms with Gasteiger partial charge in [0.1, 0.15) is 34.8 Å². The molecule has 5 rings (SSSR count). The lowest BCUT2D eigenvalue weighted by Gasteiger charge is -2.32. The Kier molecular flexibility index (Phi) is 3.90. The SMILES string of the molecule is CC(=O)c1ccc(-c2c(-c3nc(C)n4ncnc(N5CCC5)c34)n[nH]c2C)cn1. The molecule has 0 unspecified atom stereocenters. The van der Waals surface area contributed by atoms with E-state index in [0.29, 0.717) is 5.69 Å². The number of aromatic amines is 1. The standard InChI is InChI=1S/C20H20N8O/c1-11-16(14-5-6-15(12(2)29)21-9-14)17(26-25-11)18-19-20(27-7-4-8-27)22-10-23-28(19)13(3)24-18/h5-6,9-10H,4,7-8H2,1-3H3,(H,25,26). The molecule has 1 N–H and O–H groups in total. The second-order valence-electron chi connectivity index (χ2n) is 7.25. The molecule has 0 atom stereocenters. The molecular formula is C20H20N8O. The fourth-order valence-electron chi connectivity index (χ4n) is 3.69. The van der Waals surface area contributed by atoms with Crippen molar-refractivity contribution in [3.63, 3.8) is 0 Å². The predicted molar refractivity (Wildman–Crippen MR) is 108 cm³/mol. The summed E-state index contributed by atoms with van der Waals surface area (Å²) in [7, 11) is 0. The van der Waals surface area contributed by atoms with Gasteiger partial charge in [-0.2, -0.15) is 10.2 Å². The van der Waals surface area contributed by atoms with E-state index in [1.165, 1.54) is 6.92 Å². The Labute approximate surface area is 166 Å². The van der Waals surface area contributed by atoms with E-state index in [1.54, 1.807) is 18.6 Å². The van der Waals surface area contributed by atoms with Crippen LogP contribution in [0.5, 0.6) is 0 Å². The summed E-state index contributed by atoms with van der Waals surface area (Å²) in [6.45, 7) is 7.33. The number of carbonyl (C=O) groups is 1. The molecule has 0 aliphatic carbocycles. The highest BCUT2D eigenvalue weighted by Gasteiger charge is 2.27. The Balaban J connectivity index is 1.72. The molecule has 0 saturated carbocycles. The third-order valence-corrected chi connectivity index (χ3v) is 5.32. The Morgan fingerprint density at radius 2 is 1.97 bits per heavy atom. The van der Waals surface area contributed by atoms with E-state index in [-0.39, 0.29) is 5.78 Å². The first kappa shape index (κ1) is 17.5. The number of nitrogens with one attached hydrogen (secondary N) is 1. The van der Waals surface area contributed by atoms with Crippen LogP contribution in [0.3, 0.4) is 0 Å². The number of aromatic nitrogens is 7. The number of H-pyrrole nitrogens is 1. The van der Waals surface area contributed by atoms with Crippen molar-refractivity contribution in [2.75, 3.05) is 18.0 Å². The quantitative estimate of drug-likeness (QED) is 0.536. The van der Waals surface area contributed by atoms with Crippen LogP contribution in [0.25, 0.3) is 28.0 Å². The number of hydrogen-bond acceptors (Lipinski definition) is 7. The molecule has 0 radical (unpaired) electrons. The molecule has 1 fully saturated rings. The van der Waals surface area contributed by atoms with E-state index >= 15 is 0 Å². The molecule has 5 heterocycles. The molecule has 1 saturated heterocycles. The molecule has 1 aliphatic rings. The van der Waals surface area contributed by atoms with Gasteiger partial charge in [0, 0.05) is 43.0 Å². The lowest BCUT2D eigenvalue weighted by atomic mass is 10.0. The molecule has 0 amide bonds. The maximum atomic E-state index is 11.6. The molecule has 9 heteroatoms. The van der Waals surface area contributed by atoms with Crippen molar-refractivity contribution in [2.24, 2.45) is 0 Å². The summed E-state index contributed by atoms with van der Waals surface area (Å²) in [5, 5.41) is 12.0. The van der Waals surface area contributed by atoms with E-state index in [1.807, 2.05) is 24.4 Å². The van der Waals surface area contributed by atoms with E-state index in [2.05, 4.69) is 30.2 Å².